The zero-order valence-electron chi connectivity index (χ0n) is 17.7. The molecular weight excluding hydrogens is 304 g/mol. The molecule has 1 atom stereocenters. The Balaban J connectivity index is 1.89. The summed E-state index contributed by atoms with van der Waals surface area (Å²) in [4.78, 5) is 12.5. The summed E-state index contributed by atoms with van der Waals surface area (Å²) in [7, 11) is 0. The van der Waals surface area contributed by atoms with Crippen LogP contribution in [-0.2, 0) is 4.79 Å². The lowest BCUT2D eigenvalue weighted by molar-refractivity contribution is -0.127. The molecule has 0 bridgehead atoms. The highest BCUT2D eigenvalue weighted by Gasteiger charge is 2.27. The highest BCUT2D eigenvalue weighted by Crippen LogP contribution is 2.31. The molecule has 0 radical (unpaired) electrons. The number of rotatable bonds is 15. The third kappa shape index (κ3) is 11.1. The standard InChI is InChI=1S/C24H46O/c1-4-5-6-7-8-9-10-11-12-13-14-15-16-22(3)24(25)23-19-17-21(2)18-20-23/h21-23H,4-20H2,1-3H3. The van der Waals surface area contributed by atoms with Gasteiger partial charge >= 0.3 is 0 Å². The van der Waals surface area contributed by atoms with Gasteiger partial charge in [-0.05, 0) is 25.2 Å². The summed E-state index contributed by atoms with van der Waals surface area (Å²) in [5.74, 6) is 2.12. The Labute approximate surface area is 158 Å². The fraction of sp³-hybridized carbons (Fsp3) is 0.958. The van der Waals surface area contributed by atoms with Crippen molar-refractivity contribution in [2.24, 2.45) is 17.8 Å². The summed E-state index contributed by atoms with van der Waals surface area (Å²) in [5, 5.41) is 0. The Hall–Kier alpha value is -0.330. The van der Waals surface area contributed by atoms with Crippen molar-refractivity contribution >= 4 is 5.78 Å². The molecule has 1 aliphatic carbocycles. The van der Waals surface area contributed by atoms with E-state index < -0.39 is 0 Å². The molecule has 0 aromatic heterocycles. The highest BCUT2D eigenvalue weighted by atomic mass is 16.1. The monoisotopic (exact) mass is 350 g/mol. The largest absolute Gasteiger partial charge is 0.299 e. The second kappa shape index (κ2) is 14.8. The van der Waals surface area contributed by atoms with Gasteiger partial charge in [0.15, 0.2) is 0 Å². The van der Waals surface area contributed by atoms with Gasteiger partial charge in [-0.3, -0.25) is 4.79 Å². The third-order valence-corrected chi connectivity index (χ3v) is 6.39. The Kier molecular flexibility index (Phi) is 13.4. The molecule has 1 fully saturated rings. The number of ketones is 1. The van der Waals surface area contributed by atoms with Gasteiger partial charge < -0.3 is 0 Å². The van der Waals surface area contributed by atoms with Crippen molar-refractivity contribution in [2.45, 2.75) is 130 Å². The molecule has 1 rings (SSSR count). The fourth-order valence-electron chi connectivity index (χ4n) is 4.38. The van der Waals surface area contributed by atoms with E-state index in [4.69, 9.17) is 0 Å². The molecule has 0 aliphatic heterocycles. The Bertz CT molecular complexity index is 314. The Morgan fingerprint density at radius 2 is 1.20 bits per heavy atom. The average Bonchev–Trinajstić information content (AvgIpc) is 2.62. The van der Waals surface area contributed by atoms with E-state index in [-0.39, 0.29) is 0 Å². The van der Waals surface area contributed by atoms with Gasteiger partial charge in [0.2, 0.25) is 0 Å². The Morgan fingerprint density at radius 3 is 1.68 bits per heavy atom. The first-order valence-corrected chi connectivity index (χ1v) is 11.7. The summed E-state index contributed by atoms with van der Waals surface area (Å²) < 4.78 is 0. The van der Waals surface area contributed by atoms with Crippen molar-refractivity contribution in [1.82, 2.24) is 0 Å². The summed E-state index contributed by atoms with van der Waals surface area (Å²) in [6.07, 6.45) is 22.7. The maximum Gasteiger partial charge on any atom is 0.138 e. The minimum absolute atomic E-state index is 0.307. The highest BCUT2D eigenvalue weighted by molar-refractivity contribution is 5.83. The van der Waals surface area contributed by atoms with Crippen molar-refractivity contribution in [2.75, 3.05) is 0 Å². The van der Waals surface area contributed by atoms with E-state index in [0.29, 0.717) is 17.6 Å². The van der Waals surface area contributed by atoms with Crippen LogP contribution in [0.1, 0.15) is 130 Å². The molecule has 0 heterocycles. The van der Waals surface area contributed by atoms with Gasteiger partial charge in [0.05, 0.1) is 0 Å². The van der Waals surface area contributed by atoms with Crippen LogP contribution >= 0.6 is 0 Å². The Morgan fingerprint density at radius 1 is 0.760 bits per heavy atom. The lowest BCUT2D eigenvalue weighted by Crippen LogP contribution is -2.25. The second-order valence-corrected chi connectivity index (χ2v) is 8.94. The maximum absolute atomic E-state index is 12.5. The zero-order chi connectivity index (χ0) is 18.3. The van der Waals surface area contributed by atoms with Crippen molar-refractivity contribution in [3.63, 3.8) is 0 Å². The van der Waals surface area contributed by atoms with Crippen LogP contribution in [0.5, 0.6) is 0 Å². The van der Waals surface area contributed by atoms with E-state index in [9.17, 15) is 4.79 Å². The molecule has 148 valence electrons. The normalized spacial score (nSPS) is 22.0. The van der Waals surface area contributed by atoms with Crippen molar-refractivity contribution in [1.29, 1.82) is 0 Å². The van der Waals surface area contributed by atoms with E-state index in [0.717, 1.165) is 25.2 Å². The summed E-state index contributed by atoms with van der Waals surface area (Å²) in [6.45, 7) is 6.79. The summed E-state index contributed by atoms with van der Waals surface area (Å²) in [6, 6.07) is 0. The molecular formula is C24H46O. The molecule has 0 amide bonds. The van der Waals surface area contributed by atoms with Crippen LogP contribution in [0.3, 0.4) is 0 Å². The van der Waals surface area contributed by atoms with E-state index in [2.05, 4.69) is 20.8 Å². The maximum atomic E-state index is 12.5. The molecule has 1 heteroatoms. The van der Waals surface area contributed by atoms with Crippen LogP contribution in [0.2, 0.25) is 0 Å². The molecule has 0 N–H and O–H groups in total. The molecule has 25 heavy (non-hydrogen) atoms. The predicted molar refractivity (Wildman–Crippen MR) is 111 cm³/mol. The lowest BCUT2D eigenvalue weighted by Gasteiger charge is -2.27. The number of Topliss-reactive ketones (excluding diaryl/α,β-unsaturated/α-hetero) is 1. The third-order valence-electron chi connectivity index (χ3n) is 6.39. The van der Waals surface area contributed by atoms with Crippen LogP contribution in [-0.4, -0.2) is 5.78 Å². The first-order valence-electron chi connectivity index (χ1n) is 11.7. The van der Waals surface area contributed by atoms with E-state index >= 15 is 0 Å². The molecule has 1 unspecified atom stereocenters. The SMILES string of the molecule is CCCCCCCCCCCCCCC(C)C(=O)C1CCC(C)CC1. The number of hydrogen-bond acceptors (Lipinski definition) is 1. The predicted octanol–water partition coefficient (Wildman–Crippen LogP) is 8.11. The topological polar surface area (TPSA) is 17.1 Å². The van der Waals surface area contributed by atoms with Gasteiger partial charge in [-0.15, -0.1) is 0 Å². The van der Waals surface area contributed by atoms with Crippen molar-refractivity contribution in [3.8, 4) is 0 Å². The van der Waals surface area contributed by atoms with Gasteiger partial charge in [-0.25, -0.2) is 0 Å². The molecule has 1 nitrogen and oxygen atoms in total. The fourth-order valence-corrected chi connectivity index (χ4v) is 4.38. The van der Waals surface area contributed by atoms with Crippen molar-refractivity contribution in [3.05, 3.63) is 0 Å². The molecule has 1 saturated carbocycles. The zero-order valence-corrected chi connectivity index (χ0v) is 17.7. The van der Waals surface area contributed by atoms with Gasteiger partial charge in [-0.2, -0.15) is 0 Å². The van der Waals surface area contributed by atoms with Gasteiger partial charge in [0, 0.05) is 11.8 Å². The van der Waals surface area contributed by atoms with Gasteiger partial charge in [0.25, 0.3) is 0 Å². The number of hydrogen-bond donors (Lipinski definition) is 0. The van der Waals surface area contributed by atoms with Crippen LogP contribution < -0.4 is 0 Å². The number of carbonyl (C=O) groups is 1. The minimum atomic E-state index is 0.307. The average molecular weight is 351 g/mol. The van der Waals surface area contributed by atoms with Crippen molar-refractivity contribution < 1.29 is 4.79 Å². The second-order valence-electron chi connectivity index (χ2n) is 8.94. The summed E-state index contributed by atoms with van der Waals surface area (Å²) in [5.41, 5.74) is 0. The smallest absolute Gasteiger partial charge is 0.138 e. The van der Waals surface area contributed by atoms with Crippen LogP contribution in [0.4, 0.5) is 0 Å². The minimum Gasteiger partial charge on any atom is -0.299 e. The quantitative estimate of drug-likeness (QED) is 0.273. The van der Waals surface area contributed by atoms with Crippen LogP contribution in [0.25, 0.3) is 0 Å². The van der Waals surface area contributed by atoms with Crippen LogP contribution in [0, 0.1) is 17.8 Å². The molecule has 0 spiro atoms. The van der Waals surface area contributed by atoms with E-state index in [1.807, 2.05) is 0 Å². The molecule has 0 aromatic rings. The molecule has 0 aromatic carbocycles. The number of carbonyl (C=O) groups excluding carboxylic acids is 1. The molecule has 1 aliphatic rings. The van der Waals surface area contributed by atoms with Gasteiger partial charge in [0.1, 0.15) is 5.78 Å². The lowest BCUT2D eigenvalue weighted by atomic mass is 9.77. The van der Waals surface area contributed by atoms with E-state index in [1.165, 1.54) is 89.9 Å². The number of unbranched alkanes of at least 4 members (excludes halogenated alkanes) is 11. The van der Waals surface area contributed by atoms with Crippen LogP contribution in [0.15, 0.2) is 0 Å². The van der Waals surface area contributed by atoms with E-state index in [1.54, 1.807) is 0 Å². The summed E-state index contributed by atoms with van der Waals surface area (Å²) >= 11 is 0. The van der Waals surface area contributed by atoms with Gasteiger partial charge in [-0.1, -0.05) is 111 Å². The first kappa shape index (κ1) is 22.7. The molecule has 0 saturated heterocycles. The first-order chi connectivity index (χ1) is 12.1.